The first kappa shape index (κ1) is 16.8. The van der Waals surface area contributed by atoms with Gasteiger partial charge in [-0.1, -0.05) is 12.1 Å². The number of ether oxygens (including phenoxy) is 1. The van der Waals surface area contributed by atoms with Crippen LogP contribution < -0.4 is 10.1 Å². The van der Waals surface area contributed by atoms with Crippen molar-refractivity contribution in [3.05, 3.63) is 54.1 Å². The van der Waals surface area contributed by atoms with Gasteiger partial charge in [-0.3, -0.25) is 0 Å². The minimum Gasteiger partial charge on any atom is -0.457 e. The van der Waals surface area contributed by atoms with Crippen molar-refractivity contribution in [3.63, 3.8) is 0 Å². The Hall–Kier alpha value is -2.53. The zero-order valence-electron chi connectivity index (χ0n) is 13.6. The largest absolute Gasteiger partial charge is 0.457 e. The van der Waals surface area contributed by atoms with E-state index in [0.717, 1.165) is 11.3 Å². The fourth-order valence-electron chi connectivity index (χ4n) is 1.96. The molecule has 0 saturated heterocycles. The zero-order valence-corrected chi connectivity index (χ0v) is 13.6. The van der Waals surface area contributed by atoms with Crippen molar-refractivity contribution in [3.8, 4) is 11.5 Å². The number of aliphatic hydroxyl groups excluding tert-OH is 1. The van der Waals surface area contributed by atoms with Crippen LogP contribution in [0.15, 0.2) is 48.5 Å². The van der Waals surface area contributed by atoms with E-state index in [4.69, 9.17) is 9.84 Å². The Morgan fingerprint density at radius 3 is 2.52 bits per heavy atom. The van der Waals surface area contributed by atoms with E-state index in [9.17, 15) is 4.79 Å². The maximum absolute atomic E-state index is 12.0. The number of nitrogens with one attached hydrogen (secondary N) is 1. The van der Waals surface area contributed by atoms with Gasteiger partial charge in [0.25, 0.3) is 0 Å². The molecule has 2 rings (SSSR count). The van der Waals surface area contributed by atoms with Gasteiger partial charge in [-0.25, -0.2) is 4.79 Å². The standard InChI is InChI=1S/C18H22N2O3/c1-13-5-4-6-17(11-13)23-16-9-7-15(8-10-16)19-18(22)20(3)14(2)12-21/h4-11,14,21H,12H2,1-3H3,(H,19,22)/t14-/m1/s1. The maximum Gasteiger partial charge on any atom is 0.321 e. The van der Waals surface area contributed by atoms with E-state index in [1.54, 1.807) is 38.2 Å². The smallest absolute Gasteiger partial charge is 0.321 e. The number of nitrogens with zero attached hydrogens (tertiary/aromatic N) is 1. The molecule has 5 nitrogen and oxygen atoms in total. The lowest BCUT2D eigenvalue weighted by Gasteiger charge is -2.23. The summed E-state index contributed by atoms with van der Waals surface area (Å²) in [7, 11) is 1.64. The van der Waals surface area contributed by atoms with Gasteiger partial charge in [0, 0.05) is 12.7 Å². The molecule has 0 saturated carbocycles. The number of hydrogen-bond donors (Lipinski definition) is 2. The summed E-state index contributed by atoms with van der Waals surface area (Å²) in [4.78, 5) is 13.5. The molecule has 0 bridgehead atoms. The summed E-state index contributed by atoms with van der Waals surface area (Å²) in [6, 6.07) is 14.5. The Kier molecular flexibility index (Phi) is 5.60. The Bertz CT molecular complexity index is 656. The molecule has 5 heteroatoms. The molecule has 2 N–H and O–H groups in total. The molecule has 0 unspecified atom stereocenters. The number of anilines is 1. The summed E-state index contributed by atoms with van der Waals surface area (Å²) in [6.07, 6.45) is 0. The van der Waals surface area contributed by atoms with Crippen molar-refractivity contribution in [2.45, 2.75) is 19.9 Å². The van der Waals surface area contributed by atoms with E-state index in [2.05, 4.69) is 5.32 Å². The van der Waals surface area contributed by atoms with E-state index in [0.29, 0.717) is 11.4 Å². The third kappa shape index (κ3) is 4.72. The Balaban J connectivity index is 1.98. The summed E-state index contributed by atoms with van der Waals surface area (Å²) < 4.78 is 5.77. The van der Waals surface area contributed by atoms with Crippen LogP contribution in [0.25, 0.3) is 0 Å². The Morgan fingerprint density at radius 1 is 1.22 bits per heavy atom. The van der Waals surface area contributed by atoms with E-state index in [1.165, 1.54) is 4.90 Å². The van der Waals surface area contributed by atoms with Gasteiger partial charge >= 0.3 is 6.03 Å². The van der Waals surface area contributed by atoms with Crippen LogP contribution in [0.1, 0.15) is 12.5 Å². The van der Waals surface area contributed by atoms with Gasteiger partial charge < -0.3 is 20.1 Å². The SMILES string of the molecule is Cc1cccc(Oc2ccc(NC(=O)N(C)[C@H](C)CO)cc2)c1. The number of benzene rings is 2. The van der Waals surface area contributed by atoms with E-state index < -0.39 is 0 Å². The van der Waals surface area contributed by atoms with Crippen molar-refractivity contribution in [1.29, 1.82) is 0 Å². The fraction of sp³-hybridized carbons (Fsp3) is 0.278. The molecule has 1 atom stereocenters. The molecule has 0 heterocycles. The van der Waals surface area contributed by atoms with Crippen LogP contribution in [0.4, 0.5) is 10.5 Å². The zero-order chi connectivity index (χ0) is 16.8. The molecule has 23 heavy (non-hydrogen) atoms. The molecule has 0 aromatic heterocycles. The summed E-state index contributed by atoms with van der Waals surface area (Å²) >= 11 is 0. The van der Waals surface area contributed by atoms with Crippen LogP contribution in [0.5, 0.6) is 11.5 Å². The van der Waals surface area contributed by atoms with Crippen molar-refractivity contribution in [1.82, 2.24) is 4.90 Å². The molecular formula is C18H22N2O3. The summed E-state index contributed by atoms with van der Waals surface area (Å²) in [5, 5.41) is 11.9. The normalized spacial score (nSPS) is 11.7. The van der Waals surface area contributed by atoms with Crippen LogP contribution in [-0.4, -0.2) is 35.7 Å². The highest BCUT2D eigenvalue weighted by Gasteiger charge is 2.14. The predicted molar refractivity (Wildman–Crippen MR) is 91.0 cm³/mol. The van der Waals surface area contributed by atoms with Crippen molar-refractivity contribution >= 4 is 11.7 Å². The van der Waals surface area contributed by atoms with Crippen molar-refractivity contribution in [2.75, 3.05) is 19.0 Å². The van der Waals surface area contributed by atoms with E-state index in [1.807, 2.05) is 31.2 Å². The Labute approximate surface area is 136 Å². The van der Waals surface area contributed by atoms with Gasteiger partial charge in [0.15, 0.2) is 0 Å². The number of rotatable bonds is 5. The highest BCUT2D eigenvalue weighted by molar-refractivity contribution is 5.89. The Morgan fingerprint density at radius 2 is 1.91 bits per heavy atom. The molecule has 2 amide bonds. The molecule has 2 aromatic carbocycles. The second-order valence-electron chi connectivity index (χ2n) is 5.52. The monoisotopic (exact) mass is 314 g/mol. The first-order valence-corrected chi connectivity index (χ1v) is 7.49. The maximum atomic E-state index is 12.0. The van der Waals surface area contributed by atoms with Crippen LogP contribution in [0.3, 0.4) is 0 Å². The highest BCUT2D eigenvalue weighted by Crippen LogP contribution is 2.23. The topological polar surface area (TPSA) is 61.8 Å². The molecule has 0 fully saturated rings. The second-order valence-corrected chi connectivity index (χ2v) is 5.52. The fourth-order valence-corrected chi connectivity index (χ4v) is 1.96. The first-order valence-electron chi connectivity index (χ1n) is 7.49. The third-order valence-corrected chi connectivity index (χ3v) is 3.58. The lowest BCUT2D eigenvalue weighted by molar-refractivity contribution is 0.166. The van der Waals surface area contributed by atoms with E-state index >= 15 is 0 Å². The lowest BCUT2D eigenvalue weighted by atomic mass is 10.2. The van der Waals surface area contributed by atoms with Gasteiger partial charge in [-0.15, -0.1) is 0 Å². The summed E-state index contributed by atoms with van der Waals surface area (Å²) in [5.74, 6) is 1.48. The number of carbonyl (C=O) groups is 1. The van der Waals surface area contributed by atoms with Gasteiger partial charge in [0.1, 0.15) is 11.5 Å². The number of aliphatic hydroxyl groups is 1. The molecule has 0 spiro atoms. The number of urea groups is 1. The average Bonchev–Trinajstić information content (AvgIpc) is 2.55. The third-order valence-electron chi connectivity index (χ3n) is 3.58. The minimum atomic E-state index is -0.265. The summed E-state index contributed by atoms with van der Waals surface area (Å²) in [6.45, 7) is 3.71. The molecule has 0 aliphatic heterocycles. The number of aryl methyl sites for hydroxylation is 1. The second kappa shape index (κ2) is 7.65. The van der Waals surface area contributed by atoms with Gasteiger partial charge in [-0.2, -0.15) is 0 Å². The number of amides is 2. The molecule has 122 valence electrons. The first-order chi connectivity index (χ1) is 11.0. The quantitative estimate of drug-likeness (QED) is 0.886. The summed E-state index contributed by atoms with van der Waals surface area (Å²) in [5.41, 5.74) is 1.80. The number of carbonyl (C=O) groups excluding carboxylic acids is 1. The molecule has 0 aliphatic carbocycles. The van der Waals surface area contributed by atoms with Crippen LogP contribution in [0.2, 0.25) is 0 Å². The van der Waals surface area contributed by atoms with Crippen LogP contribution >= 0.6 is 0 Å². The lowest BCUT2D eigenvalue weighted by Crippen LogP contribution is -2.40. The molecule has 0 aliphatic rings. The molecular weight excluding hydrogens is 292 g/mol. The number of likely N-dealkylation sites (N-methyl/N-ethyl adjacent to an activating group) is 1. The number of hydrogen-bond acceptors (Lipinski definition) is 3. The van der Waals surface area contributed by atoms with E-state index in [-0.39, 0.29) is 18.7 Å². The van der Waals surface area contributed by atoms with Crippen LogP contribution in [-0.2, 0) is 0 Å². The minimum absolute atomic E-state index is 0.0762. The highest BCUT2D eigenvalue weighted by atomic mass is 16.5. The van der Waals surface area contributed by atoms with Crippen molar-refractivity contribution in [2.24, 2.45) is 0 Å². The average molecular weight is 314 g/mol. The van der Waals surface area contributed by atoms with Crippen molar-refractivity contribution < 1.29 is 14.6 Å². The predicted octanol–water partition coefficient (Wildman–Crippen LogP) is 3.63. The van der Waals surface area contributed by atoms with Gasteiger partial charge in [-0.05, 0) is 55.8 Å². The van der Waals surface area contributed by atoms with Gasteiger partial charge in [0.2, 0.25) is 0 Å². The van der Waals surface area contributed by atoms with Gasteiger partial charge in [0.05, 0.1) is 12.6 Å². The van der Waals surface area contributed by atoms with Crippen LogP contribution in [0, 0.1) is 6.92 Å². The molecule has 2 aromatic rings. The molecule has 0 radical (unpaired) electrons.